The van der Waals surface area contributed by atoms with Crippen molar-refractivity contribution >= 4 is 23.2 Å². The Labute approximate surface area is 100 Å². The van der Waals surface area contributed by atoms with Crippen molar-refractivity contribution in [3.8, 4) is 11.5 Å². The monoisotopic (exact) mass is 248 g/mol. The Kier molecular flexibility index (Phi) is 5.66. The van der Waals surface area contributed by atoms with Gasteiger partial charge in [-0.25, -0.2) is 0 Å². The summed E-state index contributed by atoms with van der Waals surface area (Å²) in [5.74, 6) is 2.51. The van der Waals surface area contributed by atoms with Crippen LogP contribution in [0.2, 0.25) is 0 Å². The van der Waals surface area contributed by atoms with E-state index in [0.29, 0.717) is 24.1 Å². The lowest BCUT2D eigenvalue weighted by Crippen LogP contribution is -2.00. The maximum absolute atomic E-state index is 5.72. The average molecular weight is 249 g/mol. The van der Waals surface area contributed by atoms with Crippen molar-refractivity contribution in [1.82, 2.24) is 0 Å². The van der Waals surface area contributed by atoms with Crippen molar-refractivity contribution in [2.45, 2.75) is 12.3 Å². The van der Waals surface area contributed by atoms with Gasteiger partial charge in [-0.05, 0) is 24.1 Å². The van der Waals surface area contributed by atoms with Gasteiger partial charge in [-0.15, -0.1) is 23.2 Å². The summed E-state index contributed by atoms with van der Waals surface area (Å²) in [6.07, 6.45) is 0.821. The Hall–Kier alpha value is -0.600. The van der Waals surface area contributed by atoms with E-state index in [4.69, 9.17) is 32.7 Å². The standard InChI is InChI=1S/C11H14Cl2O2/c1-14-11-7-9(8-13)3-4-10(11)15-6-2-5-12/h3-4,7H,2,5-6,8H2,1H3. The summed E-state index contributed by atoms with van der Waals surface area (Å²) >= 11 is 11.3. The highest BCUT2D eigenvalue weighted by Crippen LogP contribution is 2.28. The number of rotatable bonds is 6. The van der Waals surface area contributed by atoms with E-state index in [1.165, 1.54) is 0 Å². The molecule has 4 heteroatoms. The van der Waals surface area contributed by atoms with Gasteiger partial charge in [-0.1, -0.05) is 6.07 Å². The molecule has 0 saturated heterocycles. The molecule has 0 atom stereocenters. The molecule has 1 aromatic rings. The zero-order valence-electron chi connectivity index (χ0n) is 8.63. The molecule has 0 N–H and O–H groups in total. The zero-order valence-corrected chi connectivity index (χ0v) is 10.1. The summed E-state index contributed by atoms with van der Waals surface area (Å²) in [6.45, 7) is 0.597. The SMILES string of the molecule is COc1cc(CCl)ccc1OCCCCl. The highest BCUT2D eigenvalue weighted by Gasteiger charge is 2.04. The minimum Gasteiger partial charge on any atom is -0.493 e. The van der Waals surface area contributed by atoms with Crippen LogP contribution in [-0.2, 0) is 5.88 Å². The highest BCUT2D eigenvalue weighted by molar-refractivity contribution is 6.17. The fourth-order valence-electron chi connectivity index (χ4n) is 1.15. The summed E-state index contributed by atoms with van der Waals surface area (Å²) in [4.78, 5) is 0. The Balaban J connectivity index is 2.69. The van der Waals surface area contributed by atoms with Crippen LogP contribution in [0.4, 0.5) is 0 Å². The molecular formula is C11H14Cl2O2. The normalized spacial score (nSPS) is 10.1. The van der Waals surface area contributed by atoms with Gasteiger partial charge in [0.05, 0.1) is 13.7 Å². The van der Waals surface area contributed by atoms with Gasteiger partial charge in [-0.3, -0.25) is 0 Å². The van der Waals surface area contributed by atoms with Gasteiger partial charge in [-0.2, -0.15) is 0 Å². The first-order valence-electron chi connectivity index (χ1n) is 4.73. The van der Waals surface area contributed by atoms with Crippen molar-refractivity contribution < 1.29 is 9.47 Å². The predicted octanol–water partition coefficient (Wildman–Crippen LogP) is 3.44. The third-order valence-electron chi connectivity index (χ3n) is 1.92. The number of methoxy groups -OCH3 is 1. The van der Waals surface area contributed by atoms with Crippen molar-refractivity contribution in [3.05, 3.63) is 23.8 Å². The number of hydrogen-bond acceptors (Lipinski definition) is 2. The molecule has 0 aliphatic rings. The largest absolute Gasteiger partial charge is 0.493 e. The lowest BCUT2D eigenvalue weighted by atomic mass is 10.2. The minimum absolute atomic E-state index is 0.471. The predicted molar refractivity (Wildman–Crippen MR) is 63.4 cm³/mol. The van der Waals surface area contributed by atoms with Crippen molar-refractivity contribution in [2.24, 2.45) is 0 Å². The van der Waals surface area contributed by atoms with E-state index in [1.54, 1.807) is 7.11 Å². The smallest absolute Gasteiger partial charge is 0.161 e. The van der Waals surface area contributed by atoms with Crippen LogP contribution < -0.4 is 9.47 Å². The Morgan fingerprint density at radius 2 is 2.00 bits per heavy atom. The maximum Gasteiger partial charge on any atom is 0.161 e. The molecule has 0 aliphatic heterocycles. The van der Waals surface area contributed by atoms with E-state index in [-0.39, 0.29) is 0 Å². The summed E-state index contributed by atoms with van der Waals surface area (Å²) in [5, 5.41) is 0. The molecule has 0 unspecified atom stereocenters. The van der Waals surface area contributed by atoms with Crippen molar-refractivity contribution in [2.75, 3.05) is 19.6 Å². The lowest BCUT2D eigenvalue weighted by Gasteiger charge is -2.10. The van der Waals surface area contributed by atoms with Gasteiger partial charge >= 0.3 is 0 Å². The molecular weight excluding hydrogens is 235 g/mol. The van der Waals surface area contributed by atoms with Crippen LogP contribution >= 0.6 is 23.2 Å². The molecule has 0 radical (unpaired) electrons. The van der Waals surface area contributed by atoms with E-state index in [0.717, 1.165) is 17.7 Å². The van der Waals surface area contributed by atoms with E-state index in [2.05, 4.69) is 0 Å². The van der Waals surface area contributed by atoms with Crippen LogP contribution in [0.5, 0.6) is 11.5 Å². The van der Waals surface area contributed by atoms with Crippen molar-refractivity contribution in [3.63, 3.8) is 0 Å². The molecule has 2 nitrogen and oxygen atoms in total. The maximum atomic E-state index is 5.72. The number of hydrogen-bond donors (Lipinski definition) is 0. The third-order valence-corrected chi connectivity index (χ3v) is 2.49. The van der Waals surface area contributed by atoms with E-state index >= 15 is 0 Å². The Morgan fingerprint density at radius 3 is 2.60 bits per heavy atom. The number of ether oxygens (including phenoxy) is 2. The number of halogens is 2. The van der Waals surface area contributed by atoms with Crippen LogP contribution in [0.1, 0.15) is 12.0 Å². The van der Waals surface area contributed by atoms with Crippen molar-refractivity contribution in [1.29, 1.82) is 0 Å². The molecule has 0 spiro atoms. The Bertz CT molecular complexity index is 303. The fourth-order valence-corrected chi connectivity index (χ4v) is 1.43. The van der Waals surface area contributed by atoms with Gasteiger partial charge in [0, 0.05) is 11.8 Å². The van der Waals surface area contributed by atoms with Crippen LogP contribution in [0.25, 0.3) is 0 Å². The molecule has 1 aromatic carbocycles. The van der Waals surface area contributed by atoms with Gasteiger partial charge in [0.15, 0.2) is 11.5 Å². The first-order chi connectivity index (χ1) is 7.31. The quantitative estimate of drug-likeness (QED) is 0.568. The number of benzene rings is 1. The molecule has 0 heterocycles. The summed E-state index contributed by atoms with van der Waals surface area (Å²) in [7, 11) is 1.61. The summed E-state index contributed by atoms with van der Waals surface area (Å²) in [5.41, 5.74) is 1.01. The molecule has 0 bridgehead atoms. The topological polar surface area (TPSA) is 18.5 Å². The molecule has 0 fully saturated rings. The summed E-state index contributed by atoms with van der Waals surface area (Å²) in [6, 6.07) is 5.67. The highest BCUT2D eigenvalue weighted by atomic mass is 35.5. The van der Waals surface area contributed by atoms with Crippen LogP contribution in [0.3, 0.4) is 0 Å². The first kappa shape index (κ1) is 12.5. The fraction of sp³-hybridized carbons (Fsp3) is 0.455. The lowest BCUT2D eigenvalue weighted by molar-refractivity contribution is 0.295. The summed E-state index contributed by atoms with van der Waals surface area (Å²) < 4.78 is 10.7. The minimum atomic E-state index is 0.471. The molecule has 1 rings (SSSR count). The van der Waals surface area contributed by atoms with Gasteiger partial charge in [0.1, 0.15) is 0 Å². The second-order valence-electron chi connectivity index (χ2n) is 3.01. The molecule has 0 aliphatic carbocycles. The van der Waals surface area contributed by atoms with E-state index in [1.807, 2.05) is 18.2 Å². The van der Waals surface area contributed by atoms with Crippen LogP contribution in [-0.4, -0.2) is 19.6 Å². The molecule has 0 amide bonds. The number of alkyl halides is 2. The second-order valence-corrected chi connectivity index (χ2v) is 3.66. The van der Waals surface area contributed by atoms with E-state index in [9.17, 15) is 0 Å². The van der Waals surface area contributed by atoms with Gasteiger partial charge in [0.25, 0.3) is 0 Å². The van der Waals surface area contributed by atoms with E-state index < -0.39 is 0 Å². The average Bonchev–Trinajstić information content (AvgIpc) is 2.29. The van der Waals surface area contributed by atoms with Gasteiger partial charge in [0.2, 0.25) is 0 Å². The molecule has 0 aromatic heterocycles. The molecule has 15 heavy (non-hydrogen) atoms. The molecule has 0 saturated carbocycles. The third kappa shape index (κ3) is 3.80. The van der Waals surface area contributed by atoms with Crippen LogP contribution in [0.15, 0.2) is 18.2 Å². The molecule has 84 valence electrons. The first-order valence-corrected chi connectivity index (χ1v) is 5.80. The zero-order chi connectivity index (χ0) is 11.1. The van der Waals surface area contributed by atoms with Crippen LogP contribution in [0, 0.1) is 0 Å². The van der Waals surface area contributed by atoms with Gasteiger partial charge < -0.3 is 9.47 Å². The second kappa shape index (κ2) is 6.81. The Morgan fingerprint density at radius 1 is 1.20 bits per heavy atom.